The van der Waals surface area contributed by atoms with Crippen LogP contribution in [-0.2, 0) is 0 Å². The first-order valence-electron chi connectivity index (χ1n) is 10.2. The van der Waals surface area contributed by atoms with Gasteiger partial charge in [-0.25, -0.2) is 0 Å². The number of ether oxygens (including phenoxy) is 1. The highest BCUT2D eigenvalue weighted by atomic mass is 16.5. The molecule has 170 valence electrons. The van der Waals surface area contributed by atoms with E-state index in [9.17, 15) is 30.3 Å². The Balaban J connectivity index is 1.81. The number of aliphatic hydroxyl groups is 3. The molecule has 0 aromatic heterocycles. The average molecular weight is 440 g/mol. The molecule has 0 aliphatic carbocycles. The van der Waals surface area contributed by atoms with Crippen LogP contribution in [0.1, 0.15) is 54.8 Å². The van der Waals surface area contributed by atoms with Gasteiger partial charge in [-0.3, -0.25) is 4.79 Å². The first kappa shape index (κ1) is 23.5. The molecule has 0 fully saturated rings. The molecule has 2 aromatic carbocycles. The molecule has 0 radical (unpaired) electrons. The number of ketones is 1. The van der Waals surface area contributed by atoms with Crippen molar-refractivity contribution in [3.05, 3.63) is 71.3 Å². The van der Waals surface area contributed by atoms with Gasteiger partial charge in [0.05, 0.1) is 16.7 Å². The summed E-state index contributed by atoms with van der Waals surface area (Å²) in [5, 5.41) is 51.5. The van der Waals surface area contributed by atoms with Crippen molar-refractivity contribution in [2.24, 2.45) is 0 Å². The Morgan fingerprint density at radius 1 is 1.06 bits per heavy atom. The van der Waals surface area contributed by atoms with Crippen LogP contribution in [0.25, 0.3) is 6.08 Å². The number of allylic oxidation sites excluding steroid dienone is 1. The molecule has 7 nitrogen and oxygen atoms in total. The SMILES string of the molecule is CC(C)(O)C=CCC(C)(O)C1Oc2ccc(C(=O)C=Cc3ccc(O)cc3)c(O)c2C1O. The third-order valence-electron chi connectivity index (χ3n) is 5.27. The van der Waals surface area contributed by atoms with Crippen molar-refractivity contribution in [3.8, 4) is 17.2 Å². The molecule has 32 heavy (non-hydrogen) atoms. The van der Waals surface area contributed by atoms with Crippen LogP contribution in [-0.4, -0.2) is 48.6 Å². The van der Waals surface area contributed by atoms with E-state index in [-0.39, 0.29) is 29.0 Å². The van der Waals surface area contributed by atoms with Gasteiger partial charge in [-0.2, -0.15) is 0 Å². The summed E-state index contributed by atoms with van der Waals surface area (Å²) in [6.07, 6.45) is 3.62. The minimum absolute atomic E-state index is 0.0105. The topological polar surface area (TPSA) is 127 Å². The molecule has 0 saturated heterocycles. The number of rotatable bonds is 7. The van der Waals surface area contributed by atoms with Crippen LogP contribution in [0.5, 0.6) is 17.2 Å². The van der Waals surface area contributed by atoms with Crippen LogP contribution in [0.3, 0.4) is 0 Å². The number of hydrogen-bond acceptors (Lipinski definition) is 7. The van der Waals surface area contributed by atoms with E-state index in [0.717, 1.165) is 0 Å². The van der Waals surface area contributed by atoms with Crippen molar-refractivity contribution < 1.29 is 35.1 Å². The summed E-state index contributed by atoms with van der Waals surface area (Å²) in [6.45, 7) is 4.69. The van der Waals surface area contributed by atoms with Crippen molar-refractivity contribution in [3.63, 3.8) is 0 Å². The molecule has 0 amide bonds. The minimum atomic E-state index is -1.50. The van der Waals surface area contributed by atoms with Crippen molar-refractivity contribution in [1.29, 1.82) is 0 Å². The second-order valence-corrected chi connectivity index (χ2v) is 8.76. The van der Waals surface area contributed by atoms with Crippen molar-refractivity contribution >= 4 is 11.9 Å². The Morgan fingerprint density at radius 2 is 1.72 bits per heavy atom. The number of aromatic hydroxyl groups is 2. The van der Waals surface area contributed by atoms with E-state index in [2.05, 4.69) is 0 Å². The van der Waals surface area contributed by atoms with Crippen LogP contribution >= 0.6 is 0 Å². The summed E-state index contributed by atoms with van der Waals surface area (Å²) in [6, 6.07) is 9.13. The molecule has 0 saturated carbocycles. The van der Waals surface area contributed by atoms with E-state index in [4.69, 9.17) is 4.74 Å². The van der Waals surface area contributed by atoms with Gasteiger partial charge in [0.15, 0.2) is 11.9 Å². The Bertz CT molecular complexity index is 1040. The Hall–Kier alpha value is -3.13. The highest BCUT2D eigenvalue weighted by Gasteiger charge is 2.46. The van der Waals surface area contributed by atoms with Crippen LogP contribution in [0.15, 0.2) is 54.6 Å². The first-order chi connectivity index (χ1) is 14.9. The molecule has 7 heteroatoms. The van der Waals surface area contributed by atoms with E-state index in [1.165, 1.54) is 43.3 Å². The summed E-state index contributed by atoms with van der Waals surface area (Å²) < 4.78 is 5.71. The molecule has 2 aromatic rings. The van der Waals surface area contributed by atoms with Gasteiger partial charge in [0.25, 0.3) is 0 Å². The van der Waals surface area contributed by atoms with Gasteiger partial charge >= 0.3 is 0 Å². The smallest absolute Gasteiger partial charge is 0.189 e. The summed E-state index contributed by atoms with van der Waals surface area (Å²) in [5.74, 6) is -0.583. The fourth-order valence-corrected chi connectivity index (χ4v) is 3.55. The lowest BCUT2D eigenvalue weighted by Crippen LogP contribution is -2.44. The lowest BCUT2D eigenvalue weighted by Gasteiger charge is -2.30. The maximum atomic E-state index is 12.6. The van der Waals surface area contributed by atoms with E-state index in [1.807, 2.05) is 0 Å². The molecule has 0 spiro atoms. The van der Waals surface area contributed by atoms with Gasteiger partial charge in [-0.1, -0.05) is 30.4 Å². The lowest BCUT2D eigenvalue weighted by molar-refractivity contribution is -0.0858. The van der Waals surface area contributed by atoms with Crippen molar-refractivity contribution in [2.45, 2.75) is 50.6 Å². The molecule has 3 rings (SSSR count). The highest BCUT2D eigenvalue weighted by molar-refractivity contribution is 6.09. The highest BCUT2D eigenvalue weighted by Crippen LogP contribution is 2.47. The number of aliphatic hydroxyl groups excluding tert-OH is 1. The van der Waals surface area contributed by atoms with Crippen molar-refractivity contribution in [2.75, 3.05) is 0 Å². The molecule has 5 N–H and O–H groups in total. The molecule has 3 unspecified atom stereocenters. The van der Waals surface area contributed by atoms with Gasteiger partial charge in [0, 0.05) is 0 Å². The van der Waals surface area contributed by atoms with Gasteiger partial charge in [0.2, 0.25) is 0 Å². The predicted molar refractivity (Wildman–Crippen MR) is 120 cm³/mol. The number of hydrogen-bond donors (Lipinski definition) is 5. The largest absolute Gasteiger partial charge is 0.508 e. The lowest BCUT2D eigenvalue weighted by atomic mass is 9.88. The minimum Gasteiger partial charge on any atom is -0.508 e. The summed E-state index contributed by atoms with van der Waals surface area (Å²) in [5.41, 5.74) is -1.82. The van der Waals surface area contributed by atoms with Crippen LogP contribution < -0.4 is 4.74 Å². The summed E-state index contributed by atoms with van der Waals surface area (Å²) in [4.78, 5) is 12.6. The zero-order valence-corrected chi connectivity index (χ0v) is 18.2. The zero-order chi connectivity index (χ0) is 23.7. The molecular formula is C25H28O7. The van der Waals surface area contributed by atoms with Crippen molar-refractivity contribution in [1.82, 2.24) is 0 Å². The third-order valence-corrected chi connectivity index (χ3v) is 5.27. The van der Waals surface area contributed by atoms with Gasteiger partial charge in [-0.05, 0) is 63.1 Å². The van der Waals surface area contributed by atoms with Crippen LogP contribution in [0.2, 0.25) is 0 Å². The van der Waals surface area contributed by atoms with Gasteiger partial charge < -0.3 is 30.3 Å². The zero-order valence-electron chi connectivity index (χ0n) is 18.2. The van der Waals surface area contributed by atoms with E-state index in [1.54, 1.807) is 38.1 Å². The Labute approximate surface area is 186 Å². The molecule has 1 heterocycles. The number of carbonyl (C=O) groups excluding carboxylic acids is 1. The van der Waals surface area contributed by atoms with Crippen LogP contribution in [0, 0.1) is 0 Å². The fourth-order valence-electron chi connectivity index (χ4n) is 3.55. The Morgan fingerprint density at radius 3 is 2.34 bits per heavy atom. The predicted octanol–water partition coefficient (Wildman–Crippen LogP) is 3.26. The summed E-state index contributed by atoms with van der Waals surface area (Å²) in [7, 11) is 0. The van der Waals surface area contributed by atoms with E-state index >= 15 is 0 Å². The number of phenolic OH excluding ortho intramolecular Hbond substituents is 2. The molecule has 0 bridgehead atoms. The first-order valence-corrected chi connectivity index (χ1v) is 10.2. The monoisotopic (exact) mass is 440 g/mol. The second-order valence-electron chi connectivity index (χ2n) is 8.76. The molecular weight excluding hydrogens is 412 g/mol. The maximum Gasteiger partial charge on any atom is 0.189 e. The maximum absolute atomic E-state index is 12.6. The third kappa shape index (κ3) is 5.19. The number of carbonyl (C=O) groups is 1. The van der Waals surface area contributed by atoms with Gasteiger partial charge in [-0.15, -0.1) is 0 Å². The number of benzene rings is 2. The quantitative estimate of drug-likeness (QED) is 0.254. The molecule has 1 aliphatic rings. The number of phenols is 2. The van der Waals surface area contributed by atoms with E-state index in [0.29, 0.717) is 5.56 Å². The van der Waals surface area contributed by atoms with Gasteiger partial charge in [0.1, 0.15) is 29.0 Å². The molecule has 3 atom stereocenters. The normalized spacial score (nSPS) is 20.3. The average Bonchev–Trinajstić information content (AvgIpc) is 3.04. The summed E-state index contributed by atoms with van der Waals surface area (Å²) >= 11 is 0. The van der Waals surface area contributed by atoms with E-state index < -0.39 is 34.9 Å². The standard InChI is InChI=1S/C25H28O7/c1-24(2,30)13-4-14-25(3,31)23-22(29)20-19(32-23)12-10-17(21(20)28)18(27)11-7-15-5-8-16(26)9-6-15/h4-13,22-23,26,28-31H,14H2,1-3H3. The second kappa shape index (κ2) is 8.78. The fraction of sp³-hybridized carbons (Fsp3) is 0.320. The van der Waals surface area contributed by atoms with Crippen LogP contribution in [0.4, 0.5) is 0 Å². The number of fused-ring (bicyclic) bond motifs is 1. The molecule has 1 aliphatic heterocycles. The Kier molecular flexibility index (Phi) is 6.46.